The Balaban J connectivity index is 1.67. The van der Waals surface area contributed by atoms with Crippen LogP contribution in [0.3, 0.4) is 0 Å². The predicted molar refractivity (Wildman–Crippen MR) is 148 cm³/mol. The van der Waals surface area contributed by atoms with Gasteiger partial charge in [0.25, 0.3) is 0 Å². The van der Waals surface area contributed by atoms with E-state index in [0.717, 1.165) is 28.1 Å². The van der Waals surface area contributed by atoms with E-state index in [1.54, 1.807) is 17.8 Å². The van der Waals surface area contributed by atoms with E-state index < -0.39 is 11.6 Å². The van der Waals surface area contributed by atoms with Crippen molar-refractivity contribution in [3.63, 3.8) is 0 Å². The van der Waals surface area contributed by atoms with Crippen LogP contribution >= 0.6 is 0 Å². The zero-order valence-electron chi connectivity index (χ0n) is 21.6. The van der Waals surface area contributed by atoms with Crippen molar-refractivity contribution >= 4 is 12.0 Å². The number of hydrogen-bond acceptors (Lipinski definition) is 5. The molecule has 38 heavy (non-hydrogen) atoms. The van der Waals surface area contributed by atoms with E-state index in [2.05, 4.69) is 82.7 Å². The Morgan fingerprint density at radius 2 is 1.53 bits per heavy atom. The molecule has 1 aromatic heterocycles. The maximum absolute atomic E-state index is 12.0. The summed E-state index contributed by atoms with van der Waals surface area (Å²) in [6.07, 6.45) is 6.23. The van der Waals surface area contributed by atoms with Crippen LogP contribution in [0.5, 0.6) is 0 Å². The molecule has 0 bridgehead atoms. The van der Waals surface area contributed by atoms with E-state index in [-0.39, 0.29) is 12.5 Å². The number of hydrogen-bond donors (Lipinski definition) is 1. The first kappa shape index (κ1) is 25.5. The second-order valence-corrected chi connectivity index (χ2v) is 9.52. The molecule has 0 radical (unpaired) electrons. The number of imidazole rings is 1. The van der Waals surface area contributed by atoms with Crippen molar-refractivity contribution in [3.05, 3.63) is 132 Å². The van der Waals surface area contributed by atoms with E-state index in [9.17, 15) is 9.90 Å². The Morgan fingerprint density at radius 1 is 0.974 bits per heavy atom. The molecule has 1 atom stereocenters. The monoisotopic (exact) mass is 507 g/mol. The molecule has 5 rings (SSSR count). The zero-order valence-corrected chi connectivity index (χ0v) is 21.6. The Labute approximate surface area is 223 Å². The van der Waals surface area contributed by atoms with Crippen LogP contribution in [-0.2, 0) is 21.6 Å². The van der Waals surface area contributed by atoms with Gasteiger partial charge in [0.15, 0.2) is 0 Å². The van der Waals surface area contributed by atoms with Gasteiger partial charge in [0.2, 0.25) is 0 Å². The van der Waals surface area contributed by atoms with E-state index in [1.165, 1.54) is 0 Å². The predicted octanol–water partition coefficient (Wildman–Crippen LogP) is 5.24. The zero-order chi connectivity index (χ0) is 26.4. The third kappa shape index (κ3) is 5.13. The lowest BCUT2D eigenvalue weighted by Gasteiger charge is -2.50. The van der Waals surface area contributed by atoms with Crippen LogP contribution in [0.4, 0.5) is 0 Å². The largest absolute Gasteiger partial charge is 0.465 e. The van der Waals surface area contributed by atoms with Gasteiger partial charge in [-0.2, -0.15) is 0 Å². The SMILES string of the molecule is CCOC(=O)Cn1cnc(C=C2CC(O)CCN2C(c2ccccc2)(c2ccccc2)c2ccccc2)c1. The van der Waals surface area contributed by atoms with Crippen molar-refractivity contribution < 1.29 is 14.6 Å². The summed E-state index contributed by atoms with van der Waals surface area (Å²) in [5, 5.41) is 10.8. The van der Waals surface area contributed by atoms with Gasteiger partial charge in [-0.15, -0.1) is 0 Å². The normalized spacial score (nSPS) is 16.9. The van der Waals surface area contributed by atoms with Crippen molar-refractivity contribution in [2.75, 3.05) is 13.2 Å². The molecule has 1 fully saturated rings. The lowest BCUT2D eigenvalue weighted by molar-refractivity contribution is -0.143. The number of carbonyl (C=O) groups excluding carboxylic acids is 1. The Morgan fingerprint density at radius 3 is 2.05 bits per heavy atom. The van der Waals surface area contributed by atoms with E-state index in [1.807, 2.05) is 30.5 Å². The van der Waals surface area contributed by atoms with Crippen molar-refractivity contribution in [3.8, 4) is 0 Å². The van der Waals surface area contributed by atoms with Crippen molar-refractivity contribution in [1.29, 1.82) is 0 Å². The molecule has 1 saturated heterocycles. The van der Waals surface area contributed by atoms with Crippen molar-refractivity contribution in [1.82, 2.24) is 14.5 Å². The summed E-state index contributed by atoms with van der Waals surface area (Å²) in [7, 11) is 0. The van der Waals surface area contributed by atoms with Crippen LogP contribution in [-0.4, -0.2) is 44.8 Å². The van der Waals surface area contributed by atoms with Gasteiger partial charge in [0.1, 0.15) is 12.1 Å². The molecule has 3 aromatic carbocycles. The summed E-state index contributed by atoms with van der Waals surface area (Å²) in [4.78, 5) is 19.0. The van der Waals surface area contributed by atoms with Crippen LogP contribution in [0, 0.1) is 0 Å². The maximum Gasteiger partial charge on any atom is 0.325 e. The topological polar surface area (TPSA) is 67.6 Å². The smallest absolute Gasteiger partial charge is 0.325 e. The molecular weight excluding hydrogens is 474 g/mol. The van der Waals surface area contributed by atoms with Gasteiger partial charge in [-0.3, -0.25) is 4.79 Å². The number of ether oxygens (including phenoxy) is 1. The maximum atomic E-state index is 12.0. The van der Waals surface area contributed by atoms with Gasteiger partial charge in [-0.05, 0) is 36.1 Å². The minimum atomic E-state index is -0.622. The van der Waals surface area contributed by atoms with Gasteiger partial charge in [0, 0.05) is 24.9 Å². The molecule has 6 heteroatoms. The molecule has 2 heterocycles. The lowest BCUT2D eigenvalue weighted by Crippen LogP contribution is -2.51. The van der Waals surface area contributed by atoms with Crippen LogP contribution < -0.4 is 0 Å². The number of esters is 1. The molecule has 4 aromatic rings. The summed E-state index contributed by atoms with van der Waals surface area (Å²) in [6, 6.07) is 31.7. The summed E-state index contributed by atoms with van der Waals surface area (Å²) >= 11 is 0. The number of benzene rings is 3. The molecular formula is C32H33N3O3. The third-order valence-electron chi connectivity index (χ3n) is 7.04. The minimum Gasteiger partial charge on any atom is -0.465 e. The van der Waals surface area contributed by atoms with E-state index >= 15 is 0 Å². The Kier molecular flexibility index (Phi) is 7.70. The first-order chi connectivity index (χ1) is 18.6. The first-order valence-electron chi connectivity index (χ1n) is 13.1. The number of nitrogens with zero attached hydrogens (tertiary/aromatic N) is 3. The van der Waals surface area contributed by atoms with Crippen molar-refractivity contribution in [2.24, 2.45) is 0 Å². The molecule has 0 spiro atoms. The average Bonchev–Trinajstić information content (AvgIpc) is 3.38. The highest BCUT2D eigenvalue weighted by Gasteiger charge is 2.44. The second-order valence-electron chi connectivity index (χ2n) is 9.52. The van der Waals surface area contributed by atoms with Gasteiger partial charge < -0.3 is 19.3 Å². The summed E-state index contributed by atoms with van der Waals surface area (Å²) in [6.45, 7) is 2.91. The van der Waals surface area contributed by atoms with E-state index in [4.69, 9.17) is 4.74 Å². The van der Waals surface area contributed by atoms with Crippen LogP contribution in [0.2, 0.25) is 0 Å². The highest BCUT2D eigenvalue weighted by Crippen LogP contribution is 2.46. The van der Waals surface area contributed by atoms with Gasteiger partial charge in [0.05, 0.1) is 24.7 Å². The van der Waals surface area contributed by atoms with Gasteiger partial charge >= 0.3 is 5.97 Å². The summed E-state index contributed by atoms with van der Waals surface area (Å²) in [5.74, 6) is -0.296. The van der Waals surface area contributed by atoms with Crippen LogP contribution in [0.1, 0.15) is 42.1 Å². The molecule has 1 unspecified atom stereocenters. The van der Waals surface area contributed by atoms with Crippen molar-refractivity contribution in [2.45, 2.75) is 38.0 Å². The van der Waals surface area contributed by atoms with Crippen LogP contribution in [0.25, 0.3) is 6.08 Å². The third-order valence-corrected chi connectivity index (χ3v) is 7.04. The summed E-state index contributed by atoms with van der Waals surface area (Å²) in [5.41, 5.74) is 4.53. The second kappa shape index (κ2) is 11.5. The highest BCUT2D eigenvalue weighted by molar-refractivity contribution is 5.69. The number of piperidine rings is 1. The Hall–Kier alpha value is -4.16. The minimum absolute atomic E-state index is 0.109. The Bertz CT molecular complexity index is 1270. The fourth-order valence-corrected chi connectivity index (χ4v) is 5.47. The lowest BCUT2D eigenvalue weighted by atomic mass is 9.74. The molecule has 194 valence electrons. The molecule has 0 amide bonds. The summed E-state index contributed by atoms with van der Waals surface area (Å²) < 4.78 is 6.81. The number of rotatable bonds is 8. The van der Waals surface area contributed by atoms with Crippen LogP contribution in [0.15, 0.2) is 109 Å². The van der Waals surface area contributed by atoms with Gasteiger partial charge in [-0.25, -0.2) is 4.98 Å². The molecule has 1 N–H and O–H groups in total. The number of aromatic nitrogens is 2. The van der Waals surface area contributed by atoms with E-state index in [0.29, 0.717) is 26.0 Å². The fourth-order valence-electron chi connectivity index (χ4n) is 5.47. The molecule has 0 aliphatic carbocycles. The number of aliphatic hydroxyl groups is 1. The van der Waals surface area contributed by atoms with Gasteiger partial charge in [-0.1, -0.05) is 91.0 Å². The average molecular weight is 508 g/mol. The number of aliphatic hydroxyl groups excluding tert-OH is 1. The quantitative estimate of drug-likeness (QED) is 0.261. The standard InChI is InChI=1S/C32H33N3O3/c1-2-38-31(37)23-34-22-28(33-24-34)20-29-21-30(36)18-19-35(29)32(25-12-6-3-7-13-25,26-14-8-4-9-15-26)27-16-10-5-11-17-27/h3-17,20,22,24,30,36H,2,18-19,21,23H2,1H3. The fraction of sp³-hybridized carbons (Fsp3) is 0.250. The number of carbonyl (C=O) groups is 1. The molecule has 6 nitrogen and oxygen atoms in total. The highest BCUT2D eigenvalue weighted by atomic mass is 16.5. The molecule has 1 aliphatic rings. The number of likely N-dealkylation sites (tertiary alicyclic amines) is 1. The first-order valence-corrected chi connectivity index (χ1v) is 13.1. The molecule has 1 aliphatic heterocycles. The molecule has 0 saturated carbocycles.